The van der Waals surface area contributed by atoms with Gasteiger partial charge in [0, 0.05) is 12.1 Å². The first-order valence-electron chi connectivity index (χ1n) is 11.4. The van der Waals surface area contributed by atoms with Crippen LogP contribution in [0.1, 0.15) is 39.2 Å². The van der Waals surface area contributed by atoms with Crippen LogP contribution in [0, 0.1) is 0 Å². The van der Waals surface area contributed by atoms with Crippen molar-refractivity contribution >= 4 is 49.5 Å². The number of carbonyl (C=O) groups excluding carboxylic acids is 1. The number of anilines is 2. The van der Waals surface area contributed by atoms with Gasteiger partial charge < -0.3 is 16.8 Å². The molecule has 6 N–H and O–H groups in total. The second-order valence-corrected chi connectivity index (χ2v) is 11.7. The number of aryl methyl sites for hydroxylation is 1. The largest absolute Gasteiger partial charge is 0.369 e. The van der Waals surface area contributed by atoms with E-state index in [1.807, 2.05) is 38.1 Å². The number of hydrogen-bond donors (Lipinski definition) is 4. The van der Waals surface area contributed by atoms with Crippen molar-refractivity contribution in [3.8, 4) is 0 Å². The van der Waals surface area contributed by atoms with Gasteiger partial charge in [-0.25, -0.2) is 4.99 Å². The molecule has 1 aliphatic heterocycles. The average molecular weight is 571 g/mol. The number of nitrogens with two attached hydrogens (primary N) is 2. The zero-order valence-electron chi connectivity index (χ0n) is 21.1. The van der Waals surface area contributed by atoms with Crippen LogP contribution in [0.4, 0.5) is 15.3 Å². The van der Waals surface area contributed by atoms with E-state index in [9.17, 15) is 25.5 Å². The number of para-hydroxylation sites is 1. The summed E-state index contributed by atoms with van der Waals surface area (Å²) in [5, 5.41) is 2.46. The molecule has 0 radical (unpaired) electrons. The molecule has 0 fully saturated rings. The molecule has 12 nitrogen and oxygen atoms in total. The molecule has 0 atom stereocenters. The van der Waals surface area contributed by atoms with Gasteiger partial charge in [0.25, 0.3) is 10.1 Å². The van der Waals surface area contributed by atoms with E-state index in [-0.39, 0.29) is 29.8 Å². The van der Waals surface area contributed by atoms with Crippen LogP contribution in [-0.4, -0.2) is 50.6 Å². The van der Waals surface area contributed by atoms with E-state index in [2.05, 4.69) is 15.3 Å². The van der Waals surface area contributed by atoms with E-state index in [4.69, 9.17) is 16.0 Å². The van der Waals surface area contributed by atoms with E-state index in [1.165, 1.54) is 25.1 Å². The monoisotopic (exact) mass is 570 g/mol. The number of carbonyl (C=O) groups is 1. The first kappa shape index (κ1) is 30.7. The van der Waals surface area contributed by atoms with Gasteiger partial charge in [-0.3, -0.25) is 14.2 Å². The van der Waals surface area contributed by atoms with Crippen LogP contribution in [-0.2, 0) is 31.6 Å². The fourth-order valence-corrected chi connectivity index (χ4v) is 4.13. The fourth-order valence-electron chi connectivity index (χ4n) is 3.51. The molecule has 0 spiro atoms. The molecule has 0 aliphatic carbocycles. The third-order valence-electron chi connectivity index (χ3n) is 5.25. The molecule has 1 heterocycles. The Bertz CT molecular complexity index is 1420. The predicted molar refractivity (Wildman–Crippen MR) is 145 cm³/mol. The van der Waals surface area contributed by atoms with E-state index in [1.54, 1.807) is 4.90 Å². The number of nitrogens with one attached hydrogen (secondary N) is 1. The van der Waals surface area contributed by atoms with Gasteiger partial charge in [-0.1, -0.05) is 24.3 Å². The Balaban J connectivity index is 0.000000757. The van der Waals surface area contributed by atoms with Gasteiger partial charge in [-0.05, 0) is 63.4 Å². The number of halogens is 1. The lowest BCUT2D eigenvalue weighted by Crippen LogP contribution is -2.54. The number of benzene rings is 2. The van der Waals surface area contributed by atoms with Gasteiger partial charge in [0.2, 0.25) is 17.8 Å². The Morgan fingerprint density at radius 3 is 2.18 bits per heavy atom. The number of amides is 1. The minimum absolute atomic E-state index is 0.0731. The first-order chi connectivity index (χ1) is 17.5. The van der Waals surface area contributed by atoms with Gasteiger partial charge in [-0.2, -0.15) is 21.8 Å². The van der Waals surface area contributed by atoms with Crippen LogP contribution in [0.3, 0.4) is 0 Å². The topological polar surface area (TPSA) is 198 Å². The molecular formula is C23H31FN6O6S2. The van der Waals surface area contributed by atoms with Gasteiger partial charge in [-0.15, -0.1) is 3.89 Å². The SMILES string of the molecule is CC1(C)N=C(N)N=C(N)N1c1ccc(CCCC(=O)Nc2ccccc2S(=O)(=O)F)cc1.CCS(=O)(=O)O. The second kappa shape index (κ2) is 12.3. The zero-order chi connectivity index (χ0) is 28.7. The van der Waals surface area contributed by atoms with Crippen LogP contribution < -0.4 is 21.7 Å². The molecule has 0 bridgehead atoms. The van der Waals surface area contributed by atoms with E-state index in [0.29, 0.717) is 12.8 Å². The highest BCUT2D eigenvalue weighted by molar-refractivity contribution is 7.86. The Labute approximate surface area is 221 Å². The molecule has 0 saturated heterocycles. The van der Waals surface area contributed by atoms with Gasteiger partial charge in [0.05, 0.1) is 11.4 Å². The Kier molecular flexibility index (Phi) is 9.94. The number of aliphatic imine (C=N–C) groups is 2. The van der Waals surface area contributed by atoms with Crippen molar-refractivity contribution in [1.82, 2.24) is 0 Å². The summed E-state index contributed by atoms with van der Waals surface area (Å²) in [6.45, 7) is 5.12. The maximum absolute atomic E-state index is 13.4. The summed E-state index contributed by atoms with van der Waals surface area (Å²) in [7, 11) is -8.58. The predicted octanol–water partition coefficient (Wildman–Crippen LogP) is 2.39. The summed E-state index contributed by atoms with van der Waals surface area (Å²) in [5.74, 6) is -0.215. The summed E-state index contributed by atoms with van der Waals surface area (Å²) in [6, 6.07) is 13.0. The summed E-state index contributed by atoms with van der Waals surface area (Å²) < 4.78 is 62.7. The number of guanidine groups is 2. The number of rotatable bonds is 8. The lowest BCUT2D eigenvalue weighted by molar-refractivity contribution is -0.116. The molecule has 0 saturated carbocycles. The molecule has 0 unspecified atom stereocenters. The molecule has 2 aromatic rings. The van der Waals surface area contributed by atoms with Crippen LogP contribution in [0.2, 0.25) is 0 Å². The number of hydrogen-bond acceptors (Lipinski definition) is 10. The molecule has 1 aliphatic rings. The first-order valence-corrected chi connectivity index (χ1v) is 14.4. The van der Waals surface area contributed by atoms with Crippen LogP contribution in [0.5, 0.6) is 0 Å². The van der Waals surface area contributed by atoms with Crippen molar-refractivity contribution in [3.63, 3.8) is 0 Å². The quantitative estimate of drug-likeness (QED) is 0.272. The summed E-state index contributed by atoms with van der Waals surface area (Å²) >= 11 is 0. The fraction of sp³-hybridized carbons (Fsp3) is 0.348. The summed E-state index contributed by atoms with van der Waals surface area (Å²) in [6.07, 6.45) is 1.29. The Morgan fingerprint density at radius 1 is 1.08 bits per heavy atom. The molecule has 2 aromatic carbocycles. The molecule has 1 amide bonds. The Hall–Kier alpha value is -3.56. The molecule has 208 valence electrons. The highest BCUT2D eigenvalue weighted by Gasteiger charge is 2.32. The lowest BCUT2D eigenvalue weighted by atomic mass is 10.1. The highest BCUT2D eigenvalue weighted by atomic mass is 32.3. The van der Waals surface area contributed by atoms with Crippen LogP contribution in [0.25, 0.3) is 0 Å². The average Bonchev–Trinajstić information content (AvgIpc) is 2.78. The lowest BCUT2D eigenvalue weighted by Gasteiger charge is -2.38. The summed E-state index contributed by atoms with van der Waals surface area (Å²) in [4.78, 5) is 21.8. The van der Waals surface area contributed by atoms with Crippen molar-refractivity contribution in [2.75, 3.05) is 16.0 Å². The standard InChI is InChI=1S/C21H25FN6O3S.C2H6O3S/c1-21(2)27-19(23)26-20(24)28(21)15-12-10-14(11-13-15)6-5-9-18(29)25-16-7-3-4-8-17(16)32(22,30)31;1-2-6(3,4)5/h3-4,7-8,10-13H,5-6,9H2,1-2H3,(H,25,29)(H4,23,24,26,27);2H2,1H3,(H,3,4,5). The summed E-state index contributed by atoms with van der Waals surface area (Å²) in [5.41, 5.74) is 12.8. The smallest absolute Gasteiger partial charge is 0.334 e. The Morgan fingerprint density at radius 2 is 1.66 bits per heavy atom. The highest BCUT2D eigenvalue weighted by Crippen LogP contribution is 2.28. The van der Waals surface area contributed by atoms with Crippen LogP contribution >= 0.6 is 0 Å². The van der Waals surface area contributed by atoms with E-state index in [0.717, 1.165) is 17.3 Å². The van der Waals surface area contributed by atoms with Crippen molar-refractivity contribution in [2.24, 2.45) is 21.5 Å². The van der Waals surface area contributed by atoms with Gasteiger partial charge >= 0.3 is 10.2 Å². The molecular weight excluding hydrogens is 539 g/mol. The molecule has 15 heteroatoms. The van der Waals surface area contributed by atoms with Gasteiger partial charge in [0.1, 0.15) is 10.6 Å². The zero-order valence-corrected chi connectivity index (χ0v) is 22.8. The second-order valence-electron chi connectivity index (χ2n) is 8.64. The molecule has 0 aromatic heterocycles. The van der Waals surface area contributed by atoms with Crippen molar-refractivity contribution in [2.45, 2.75) is 50.6 Å². The van der Waals surface area contributed by atoms with Gasteiger partial charge in [0.15, 0.2) is 0 Å². The van der Waals surface area contributed by atoms with E-state index < -0.39 is 36.8 Å². The molecule has 38 heavy (non-hydrogen) atoms. The van der Waals surface area contributed by atoms with E-state index >= 15 is 0 Å². The third-order valence-corrected chi connectivity index (χ3v) is 6.86. The minimum Gasteiger partial charge on any atom is -0.369 e. The maximum Gasteiger partial charge on any atom is 0.334 e. The third kappa shape index (κ3) is 9.08. The van der Waals surface area contributed by atoms with Crippen LogP contribution in [0.15, 0.2) is 63.4 Å². The number of nitrogens with zero attached hydrogens (tertiary/aromatic N) is 3. The van der Waals surface area contributed by atoms with Crippen molar-refractivity contribution < 1.29 is 30.1 Å². The normalized spacial score (nSPS) is 15.0. The van der Waals surface area contributed by atoms with Crippen molar-refractivity contribution in [1.29, 1.82) is 0 Å². The van der Waals surface area contributed by atoms with Crippen molar-refractivity contribution in [3.05, 3.63) is 54.1 Å². The maximum atomic E-state index is 13.4. The molecule has 3 rings (SSSR count). The minimum atomic E-state index is -4.92.